The number of fused-ring (bicyclic) bond motifs is 3. The van der Waals surface area contributed by atoms with E-state index in [0.29, 0.717) is 0 Å². The van der Waals surface area contributed by atoms with Gasteiger partial charge in [0.15, 0.2) is 0 Å². The first-order chi connectivity index (χ1) is 24.3. The van der Waals surface area contributed by atoms with E-state index in [-0.39, 0.29) is 14.5 Å². The molecule has 230 valence electrons. The summed E-state index contributed by atoms with van der Waals surface area (Å²) in [6.45, 7) is 0. The monoisotopic (exact) mass is 691 g/mol. The Kier molecular flexibility index (Phi) is 7.51. The average molecular weight is 691 g/mol. The summed E-state index contributed by atoms with van der Waals surface area (Å²) in [5.41, 5.74) is 12.6. The smallest absolute Gasteiger partial charge is 0.0617 e. The molecule has 0 spiro atoms. The molecule has 0 N–H and O–H groups in total. The van der Waals surface area contributed by atoms with Gasteiger partial charge in [-0.2, -0.15) is 0 Å². The summed E-state index contributed by atoms with van der Waals surface area (Å²) in [5, 5.41) is 16.9. The van der Waals surface area contributed by atoms with Crippen molar-refractivity contribution in [3.05, 3.63) is 176 Å². The van der Waals surface area contributed by atoms with Gasteiger partial charge in [0, 0.05) is 0 Å². The Labute approximate surface area is 290 Å². The van der Waals surface area contributed by atoms with Crippen LogP contribution in [0.5, 0.6) is 0 Å². The minimum atomic E-state index is 0.240. The third-order valence-electron chi connectivity index (χ3n) is 9.17. The number of hydrogen-bond donors (Lipinski definition) is 0. The molecule has 9 aromatic rings. The minimum absolute atomic E-state index is 0.240. The third-order valence-corrected chi connectivity index (χ3v) is 11.6. The Morgan fingerprint density at radius 1 is 0.327 bits per heavy atom. The first-order valence-electron chi connectivity index (χ1n) is 16.4. The second-order valence-corrected chi connectivity index (χ2v) is 14.3. The van der Waals surface area contributed by atoms with Crippen LogP contribution in [-0.2, 0) is 0 Å². The van der Waals surface area contributed by atoms with E-state index in [9.17, 15) is 0 Å². The van der Waals surface area contributed by atoms with Gasteiger partial charge >= 0.3 is 274 Å². The summed E-state index contributed by atoms with van der Waals surface area (Å²) < 4.78 is 2.83. The van der Waals surface area contributed by atoms with Crippen LogP contribution in [-0.4, -0.2) is 29.9 Å². The van der Waals surface area contributed by atoms with E-state index in [4.69, 9.17) is 10.2 Å². The van der Waals surface area contributed by atoms with Crippen molar-refractivity contribution in [2.24, 2.45) is 0 Å². The van der Waals surface area contributed by atoms with E-state index < -0.39 is 0 Å². The second-order valence-electron chi connectivity index (χ2n) is 12.0. The molecule has 0 saturated carbocycles. The Morgan fingerprint density at radius 3 is 1.55 bits per heavy atom. The van der Waals surface area contributed by atoms with Crippen LogP contribution in [0.3, 0.4) is 0 Å². The summed E-state index contributed by atoms with van der Waals surface area (Å²) in [5.74, 6) is 0. The van der Waals surface area contributed by atoms with Crippen molar-refractivity contribution < 1.29 is 0 Å². The number of aromatic nitrogens is 3. The average Bonchev–Trinajstić information content (AvgIpc) is 3.57. The fourth-order valence-electron chi connectivity index (χ4n) is 7.02. The van der Waals surface area contributed by atoms with Crippen molar-refractivity contribution in [2.45, 2.75) is 0 Å². The van der Waals surface area contributed by atoms with Crippen LogP contribution in [0.15, 0.2) is 176 Å². The SMILES string of the molecule is c1ccc(-c2ccccc2-c2nnnc(-c3cccc(-c4ccccc4)c3-c3cccc4[se]c5ccccc5c34)c2-c2ccccc2)cc1. The molecule has 0 atom stereocenters. The van der Waals surface area contributed by atoms with Gasteiger partial charge in [-0.25, -0.2) is 0 Å². The van der Waals surface area contributed by atoms with Gasteiger partial charge < -0.3 is 0 Å². The van der Waals surface area contributed by atoms with E-state index in [1.165, 1.54) is 24.9 Å². The minimum Gasteiger partial charge on any atom is -0.0617 e. The van der Waals surface area contributed by atoms with Gasteiger partial charge in [-0.1, -0.05) is 18.2 Å². The molecular formula is C45H29N3Se. The van der Waals surface area contributed by atoms with Gasteiger partial charge in [0.25, 0.3) is 0 Å². The summed E-state index contributed by atoms with van der Waals surface area (Å²) in [4.78, 5) is 0. The predicted octanol–water partition coefficient (Wildman–Crippen LogP) is 11.2. The molecule has 7 aromatic carbocycles. The van der Waals surface area contributed by atoms with Crippen LogP contribution in [0.4, 0.5) is 0 Å². The Hall–Kier alpha value is -5.93. The van der Waals surface area contributed by atoms with Crippen molar-refractivity contribution in [3.63, 3.8) is 0 Å². The maximum absolute atomic E-state index is 4.92. The predicted molar refractivity (Wildman–Crippen MR) is 204 cm³/mol. The topological polar surface area (TPSA) is 38.7 Å². The number of benzene rings is 7. The van der Waals surface area contributed by atoms with Crippen molar-refractivity contribution in [1.82, 2.24) is 15.4 Å². The summed E-state index contributed by atoms with van der Waals surface area (Å²) in [6.07, 6.45) is 0. The Balaban J connectivity index is 1.40. The van der Waals surface area contributed by atoms with Gasteiger partial charge in [0.2, 0.25) is 0 Å². The summed E-state index contributed by atoms with van der Waals surface area (Å²) >= 11 is 0.240. The van der Waals surface area contributed by atoms with E-state index in [1.807, 2.05) is 6.07 Å². The first-order valence-corrected chi connectivity index (χ1v) is 18.1. The number of nitrogens with zero attached hydrogens (tertiary/aromatic N) is 3. The third kappa shape index (κ3) is 5.19. The van der Waals surface area contributed by atoms with Crippen LogP contribution < -0.4 is 0 Å². The quantitative estimate of drug-likeness (QED) is 0.163. The molecule has 0 bridgehead atoms. The molecule has 3 nitrogen and oxygen atoms in total. The van der Waals surface area contributed by atoms with E-state index in [1.54, 1.807) is 0 Å². The fraction of sp³-hybridized carbons (Fsp3) is 0. The number of hydrogen-bond acceptors (Lipinski definition) is 3. The van der Waals surface area contributed by atoms with Crippen LogP contribution in [0.25, 0.3) is 86.3 Å². The van der Waals surface area contributed by atoms with Gasteiger partial charge in [-0.15, -0.1) is 0 Å². The second kappa shape index (κ2) is 12.6. The molecule has 0 radical (unpaired) electrons. The van der Waals surface area contributed by atoms with Gasteiger partial charge in [-0.3, -0.25) is 0 Å². The molecule has 0 amide bonds. The molecule has 2 heterocycles. The van der Waals surface area contributed by atoms with Crippen molar-refractivity contribution in [1.29, 1.82) is 0 Å². The van der Waals surface area contributed by atoms with E-state index in [2.05, 4.69) is 175 Å². The zero-order valence-electron chi connectivity index (χ0n) is 26.5. The molecule has 9 rings (SSSR count). The van der Waals surface area contributed by atoms with Gasteiger partial charge in [0.05, 0.1) is 0 Å². The fourth-order valence-corrected chi connectivity index (χ4v) is 9.39. The molecular weight excluding hydrogens is 661 g/mol. The summed E-state index contributed by atoms with van der Waals surface area (Å²) in [6, 6.07) is 62.4. The zero-order valence-corrected chi connectivity index (χ0v) is 28.2. The van der Waals surface area contributed by atoms with E-state index in [0.717, 1.165) is 61.5 Å². The van der Waals surface area contributed by atoms with Gasteiger partial charge in [-0.05, 0) is 0 Å². The molecule has 0 aliphatic heterocycles. The molecule has 4 heteroatoms. The number of rotatable bonds is 6. The van der Waals surface area contributed by atoms with Crippen molar-refractivity contribution in [3.8, 4) is 67.0 Å². The molecule has 0 saturated heterocycles. The molecule has 0 fully saturated rings. The first kappa shape index (κ1) is 29.2. The van der Waals surface area contributed by atoms with Crippen LogP contribution in [0.1, 0.15) is 0 Å². The summed E-state index contributed by atoms with van der Waals surface area (Å²) in [7, 11) is 0. The standard InChI is InChI=1S/C45H29N3Se/c1-4-16-30(17-5-1)33-22-10-11-23-35(33)44-41(32-20-8-3-9-21-32)45(47-48-46-44)38-27-14-25-34(31-18-6-2-7-19-31)42(38)37-26-15-29-40-43(37)36-24-12-13-28-39(36)49-40/h1-29H. The maximum atomic E-state index is 4.92. The molecule has 2 aromatic heterocycles. The molecule has 49 heavy (non-hydrogen) atoms. The molecule has 0 aliphatic rings. The van der Waals surface area contributed by atoms with Crippen molar-refractivity contribution >= 4 is 33.8 Å². The normalized spacial score (nSPS) is 11.3. The molecule has 0 aliphatic carbocycles. The van der Waals surface area contributed by atoms with Crippen LogP contribution >= 0.6 is 0 Å². The van der Waals surface area contributed by atoms with Crippen LogP contribution in [0.2, 0.25) is 0 Å². The zero-order chi connectivity index (χ0) is 32.6. The van der Waals surface area contributed by atoms with E-state index >= 15 is 0 Å². The Morgan fingerprint density at radius 2 is 0.816 bits per heavy atom. The Bertz CT molecular complexity index is 2590. The molecule has 0 unspecified atom stereocenters. The van der Waals surface area contributed by atoms with Crippen LogP contribution in [0, 0.1) is 0 Å². The van der Waals surface area contributed by atoms with Crippen molar-refractivity contribution in [2.75, 3.05) is 0 Å². The van der Waals surface area contributed by atoms with Gasteiger partial charge in [0.1, 0.15) is 0 Å².